The highest BCUT2D eigenvalue weighted by atomic mass is 19.1. The number of tetrazole rings is 1. The Bertz CT molecular complexity index is 528. The Morgan fingerprint density at radius 2 is 2.28 bits per heavy atom. The van der Waals surface area contributed by atoms with Crippen LogP contribution in [-0.4, -0.2) is 34.0 Å². The summed E-state index contributed by atoms with van der Waals surface area (Å²) >= 11 is 0. The SMILES string of the molecule is COc1cc(-c2nnnn2CCCF)ccc1N. The molecule has 0 saturated heterocycles. The number of halogens is 1. The van der Waals surface area contributed by atoms with Crippen LogP contribution in [-0.2, 0) is 6.54 Å². The van der Waals surface area contributed by atoms with Crippen molar-refractivity contribution < 1.29 is 9.13 Å². The van der Waals surface area contributed by atoms with E-state index in [0.29, 0.717) is 30.2 Å². The molecular weight excluding hydrogens is 237 g/mol. The average molecular weight is 251 g/mol. The van der Waals surface area contributed by atoms with E-state index in [2.05, 4.69) is 15.5 Å². The van der Waals surface area contributed by atoms with Gasteiger partial charge in [-0.3, -0.25) is 4.39 Å². The summed E-state index contributed by atoms with van der Waals surface area (Å²) in [5, 5.41) is 11.4. The Hall–Kier alpha value is -2.18. The van der Waals surface area contributed by atoms with Gasteiger partial charge in [-0.25, -0.2) is 4.68 Å². The highest BCUT2D eigenvalue weighted by Crippen LogP contribution is 2.27. The Morgan fingerprint density at radius 3 is 3.00 bits per heavy atom. The quantitative estimate of drug-likeness (QED) is 0.810. The summed E-state index contributed by atoms with van der Waals surface area (Å²) in [5.41, 5.74) is 7.07. The molecule has 0 unspecified atom stereocenters. The molecule has 0 aliphatic heterocycles. The standard InChI is InChI=1S/C11H14FN5O/c1-18-10-7-8(3-4-9(10)13)11-14-15-16-17(11)6-2-5-12/h3-4,7H,2,5-6,13H2,1H3. The average Bonchev–Trinajstić information content (AvgIpc) is 2.85. The van der Waals surface area contributed by atoms with Gasteiger partial charge in [0, 0.05) is 12.1 Å². The van der Waals surface area contributed by atoms with Crippen molar-refractivity contribution in [2.45, 2.75) is 13.0 Å². The fourth-order valence-electron chi connectivity index (χ4n) is 1.62. The molecule has 1 aromatic heterocycles. The third-order valence-electron chi connectivity index (χ3n) is 2.53. The van der Waals surface area contributed by atoms with Crippen molar-refractivity contribution in [3.63, 3.8) is 0 Å². The van der Waals surface area contributed by atoms with Crippen LogP contribution in [0.3, 0.4) is 0 Å². The number of methoxy groups -OCH3 is 1. The highest BCUT2D eigenvalue weighted by molar-refractivity contribution is 5.65. The minimum absolute atomic E-state index is 0.379. The molecule has 0 aliphatic rings. The van der Waals surface area contributed by atoms with Crippen LogP contribution in [0.15, 0.2) is 18.2 Å². The maximum absolute atomic E-state index is 12.2. The van der Waals surface area contributed by atoms with Gasteiger partial charge in [0.15, 0.2) is 5.82 Å². The molecule has 96 valence electrons. The van der Waals surface area contributed by atoms with Crippen LogP contribution in [0.1, 0.15) is 6.42 Å². The lowest BCUT2D eigenvalue weighted by molar-refractivity contribution is 0.417. The zero-order chi connectivity index (χ0) is 13.0. The molecule has 18 heavy (non-hydrogen) atoms. The maximum Gasteiger partial charge on any atom is 0.182 e. The zero-order valence-corrected chi connectivity index (χ0v) is 10.0. The van der Waals surface area contributed by atoms with E-state index in [9.17, 15) is 4.39 Å². The number of hydrogen-bond acceptors (Lipinski definition) is 5. The molecular formula is C11H14FN5O. The number of nitrogen functional groups attached to an aromatic ring is 1. The Balaban J connectivity index is 2.33. The number of ether oxygens (including phenoxy) is 1. The lowest BCUT2D eigenvalue weighted by Crippen LogP contribution is -2.04. The summed E-state index contributed by atoms with van der Waals surface area (Å²) in [6, 6.07) is 5.28. The first-order chi connectivity index (χ1) is 8.76. The number of benzene rings is 1. The van der Waals surface area contributed by atoms with E-state index in [1.54, 1.807) is 30.0 Å². The molecule has 7 heteroatoms. The fraction of sp³-hybridized carbons (Fsp3) is 0.364. The van der Waals surface area contributed by atoms with Crippen LogP contribution in [0.5, 0.6) is 5.75 Å². The van der Waals surface area contributed by atoms with E-state index in [-0.39, 0.29) is 0 Å². The molecule has 1 heterocycles. The van der Waals surface area contributed by atoms with Crippen LogP contribution in [0.25, 0.3) is 11.4 Å². The molecule has 0 fully saturated rings. The van der Waals surface area contributed by atoms with E-state index in [4.69, 9.17) is 10.5 Å². The third kappa shape index (κ3) is 2.39. The highest BCUT2D eigenvalue weighted by Gasteiger charge is 2.10. The van der Waals surface area contributed by atoms with Crippen molar-refractivity contribution in [2.75, 3.05) is 19.5 Å². The Morgan fingerprint density at radius 1 is 1.44 bits per heavy atom. The number of aryl methyl sites for hydroxylation is 1. The van der Waals surface area contributed by atoms with Gasteiger partial charge in [0.1, 0.15) is 5.75 Å². The van der Waals surface area contributed by atoms with Crippen LogP contribution in [0.4, 0.5) is 10.1 Å². The first kappa shape index (κ1) is 12.3. The van der Waals surface area contributed by atoms with Crippen molar-refractivity contribution in [2.24, 2.45) is 0 Å². The number of alkyl halides is 1. The Kier molecular flexibility index (Phi) is 3.71. The van der Waals surface area contributed by atoms with Gasteiger partial charge >= 0.3 is 0 Å². The van der Waals surface area contributed by atoms with Crippen LogP contribution in [0, 0.1) is 0 Å². The van der Waals surface area contributed by atoms with Crippen molar-refractivity contribution in [1.29, 1.82) is 0 Å². The van der Waals surface area contributed by atoms with Crippen molar-refractivity contribution in [3.8, 4) is 17.1 Å². The second-order valence-electron chi connectivity index (χ2n) is 3.72. The molecule has 0 radical (unpaired) electrons. The van der Waals surface area contributed by atoms with E-state index >= 15 is 0 Å². The summed E-state index contributed by atoms with van der Waals surface area (Å²) in [4.78, 5) is 0. The number of aromatic nitrogens is 4. The molecule has 0 bridgehead atoms. The summed E-state index contributed by atoms with van der Waals surface area (Å²) in [5.74, 6) is 1.13. The predicted molar refractivity (Wildman–Crippen MR) is 64.8 cm³/mol. The molecule has 6 nitrogen and oxygen atoms in total. The fourth-order valence-corrected chi connectivity index (χ4v) is 1.62. The minimum Gasteiger partial charge on any atom is -0.495 e. The number of hydrogen-bond donors (Lipinski definition) is 1. The molecule has 2 rings (SSSR count). The van der Waals surface area contributed by atoms with Gasteiger partial charge in [-0.1, -0.05) is 0 Å². The first-order valence-electron chi connectivity index (χ1n) is 5.52. The van der Waals surface area contributed by atoms with Crippen molar-refractivity contribution in [1.82, 2.24) is 20.2 Å². The lowest BCUT2D eigenvalue weighted by Gasteiger charge is -2.07. The van der Waals surface area contributed by atoms with Crippen molar-refractivity contribution >= 4 is 5.69 Å². The Labute approximate surface area is 104 Å². The minimum atomic E-state index is -0.398. The summed E-state index contributed by atoms with van der Waals surface area (Å²) in [6.07, 6.45) is 0.379. The molecule has 0 saturated carbocycles. The molecule has 2 N–H and O–H groups in total. The van der Waals surface area contributed by atoms with Gasteiger partial charge in [-0.2, -0.15) is 0 Å². The first-order valence-corrected chi connectivity index (χ1v) is 5.52. The topological polar surface area (TPSA) is 78.9 Å². The number of anilines is 1. The normalized spacial score (nSPS) is 10.6. The maximum atomic E-state index is 12.2. The monoisotopic (exact) mass is 251 g/mol. The van der Waals surface area contributed by atoms with Gasteiger partial charge in [-0.15, -0.1) is 5.10 Å². The summed E-state index contributed by atoms with van der Waals surface area (Å²) in [6.45, 7) is 0.0376. The van der Waals surface area contributed by atoms with Gasteiger partial charge in [0.2, 0.25) is 0 Å². The largest absolute Gasteiger partial charge is 0.495 e. The summed E-state index contributed by atoms with van der Waals surface area (Å²) < 4.78 is 18.9. The van der Waals surface area contributed by atoms with Crippen LogP contribution in [0.2, 0.25) is 0 Å². The summed E-state index contributed by atoms with van der Waals surface area (Å²) in [7, 11) is 1.54. The number of nitrogens with two attached hydrogens (primary N) is 1. The molecule has 0 spiro atoms. The van der Waals surface area contributed by atoms with E-state index in [1.807, 2.05) is 0 Å². The predicted octanol–water partition coefficient (Wildman–Crippen LogP) is 1.29. The van der Waals surface area contributed by atoms with Gasteiger partial charge in [0.05, 0.1) is 19.5 Å². The van der Waals surface area contributed by atoms with Crippen molar-refractivity contribution in [3.05, 3.63) is 18.2 Å². The molecule has 0 atom stereocenters. The molecule has 0 amide bonds. The number of nitrogens with zero attached hydrogens (tertiary/aromatic N) is 4. The number of rotatable bonds is 5. The molecule has 0 aliphatic carbocycles. The van der Waals surface area contributed by atoms with Crippen LogP contribution < -0.4 is 10.5 Å². The van der Waals surface area contributed by atoms with Gasteiger partial charge < -0.3 is 10.5 Å². The van der Waals surface area contributed by atoms with Crippen LogP contribution >= 0.6 is 0 Å². The second-order valence-corrected chi connectivity index (χ2v) is 3.72. The van der Waals surface area contributed by atoms with E-state index < -0.39 is 6.67 Å². The lowest BCUT2D eigenvalue weighted by atomic mass is 10.2. The molecule has 1 aromatic carbocycles. The van der Waals surface area contributed by atoms with E-state index in [0.717, 1.165) is 5.56 Å². The van der Waals surface area contributed by atoms with E-state index in [1.165, 1.54) is 0 Å². The second kappa shape index (κ2) is 5.44. The zero-order valence-electron chi connectivity index (χ0n) is 10.0. The third-order valence-corrected chi connectivity index (χ3v) is 2.53. The smallest absolute Gasteiger partial charge is 0.182 e. The van der Waals surface area contributed by atoms with Gasteiger partial charge in [0.25, 0.3) is 0 Å². The van der Waals surface area contributed by atoms with Gasteiger partial charge in [-0.05, 0) is 35.0 Å². The molecule has 2 aromatic rings.